The molecule has 7 amide bonds. The summed E-state index contributed by atoms with van der Waals surface area (Å²) in [4.78, 5) is 95.7. The molecule has 1 rings (SSSR count). The molecule has 12 atom stereocenters. The quantitative estimate of drug-likeness (QED) is 0.0728. The van der Waals surface area contributed by atoms with Crippen LogP contribution in [0, 0.1) is 11.8 Å². The lowest BCUT2D eigenvalue weighted by Gasteiger charge is -2.30. The highest BCUT2D eigenvalue weighted by molar-refractivity contribution is 7.14. The number of aliphatic hydroxyl groups excluding tert-OH is 1. The summed E-state index contributed by atoms with van der Waals surface area (Å²) >= 11 is 0. The van der Waals surface area contributed by atoms with Gasteiger partial charge in [-0.2, -0.15) is 0 Å². The third kappa shape index (κ3) is 18.0. The molecule has 0 aliphatic carbocycles. The molecule has 12 N–H and O–H groups in total. The molecule has 0 aromatic rings. The summed E-state index contributed by atoms with van der Waals surface area (Å²) in [7, 11) is 8.49. The maximum atomic E-state index is 13.9. The van der Waals surface area contributed by atoms with Crippen molar-refractivity contribution >= 4 is 69.5 Å². The molecule has 0 aromatic heterocycles. The van der Waals surface area contributed by atoms with Gasteiger partial charge in [0, 0.05) is 26.2 Å². The van der Waals surface area contributed by atoms with E-state index >= 15 is 0 Å². The second kappa shape index (κ2) is 27.1. The van der Waals surface area contributed by atoms with Crippen molar-refractivity contribution in [2.75, 3.05) is 33.2 Å². The summed E-state index contributed by atoms with van der Waals surface area (Å²) in [5.74, 6) is -5.01. The summed E-state index contributed by atoms with van der Waals surface area (Å²) < 4.78 is 0. The zero-order valence-electron chi connectivity index (χ0n) is 32.9. The molecule has 1 aliphatic heterocycles. The summed E-state index contributed by atoms with van der Waals surface area (Å²) in [6, 6.07) is -7.85. The number of likely N-dealkylation sites (N-methyl/N-ethyl adjacent to an activating group) is 1. The van der Waals surface area contributed by atoms with Crippen molar-refractivity contribution in [1.29, 1.82) is 0 Å². The fourth-order valence-corrected chi connectivity index (χ4v) is 6.24. The molecule has 316 valence electrons. The first-order chi connectivity index (χ1) is 26.0. The van der Waals surface area contributed by atoms with Gasteiger partial charge in [-0.25, -0.2) is 0 Å². The first-order valence-electron chi connectivity index (χ1n) is 18.8. The van der Waals surface area contributed by atoms with E-state index in [2.05, 4.69) is 86.0 Å². The fourth-order valence-electron chi connectivity index (χ4n) is 5.74. The number of aliphatic hydroxyl groups is 1. The normalized spacial score (nSPS) is 27.1. The van der Waals surface area contributed by atoms with Gasteiger partial charge in [-0.15, -0.1) is 0 Å². The maximum absolute atomic E-state index is 13.9. The molecule has 0 saturated carbocycles. The van der Waals surface area contributed by atoms with E-state index in [1.165, 1.54) is 6.92 Å². The van der Waals surface area contributed by atoms with E-state index < -0.39 is 95.7 Å². The molecule has 1 fully saturated rings. The van der Waals surface area contributed by atoms with Gasteiger partial charge in [-0.1, -0.05) is 62.3 Å². The van der Waals surface area contributed by atoms with Gasteiger partial charge in [0.15, 0.2) is 0 Å². The Balaban J connectivity index is 3.74. The van der Waals surface area contributed by atoms with Crippen LogP contribution in [0.2, 0.25) is 0 Å². The second-order valence-electron chi connectivity index (χ2n) is 14.1. The number of amides is 7. The van der Waals surface area contributed by atoms with Gasteiger partial charge in [0.25, 0.3) is 0 Å². The highest BCUT2D eigenvalue weighted by atomic mass is 31.0. The molecule has 0 aromatic carbocycles. The Kier molecular flexibility index (Phi) is 24.8. The minimum Gasteiger partial charge on any atom is -0.391 e. The van der Waals surface area contributed by atoms with Gasteiger partial charge >= 0.3 is 0 Å². The summed E-state index contributed by atoms with van der Waals surface area (Å²) in [6.45, 7) is 9.52. The Bertz CT molecular complexity index is 1270. The standard InChI is InChI=1S/C33H66N11O8P3/c1-7-18(4)25-33(52)41-22(10-14-37-54)28(47)40-23(11-15-38-55)30(49)44-26(19(5)45)32(51)35-12-8-20(34-6)27(46)39-21(9-13-36-53)29(48)42-24(16-17(2)3)31(50)43-25/h17-26,34,36-38,45H,7-16,53-55H2,1-6H3,(H,35,51)(H,39,46)(H,40,47)(H,41,52)(H,42,48)(H,43,50)(H,44,49). The maximum Gasteiger partial charge on any atom is 0.245 e. The summed E-state index contributed by atoms with van der Waals surface area (Å²) in [5, 5.41) is 40.9. The van der Waals surface area contributed by atoms with Crippen molar-refractivity contribution in [1.82, 2.24) is 57.8 Å². The van der Waals surface area contributed by atoms with Crippen LogP contribution in [0.4, 0.5) is 0 Å². The highest BCUT2D eigenvalue weighted by Gasteiger charge is 2.36. The number of hydrogen-bond donors (Lipinski definition) is 12. The van der Waals surface area contributed by atoms with Gasteiger partial charge < -0.3 is 62.9 Å². The van der Waals surface area contributed by atoms with Gasteiger partial charge in [0.2, 0.25) is 41.4 Å². The van der Waals surface area contributed by atoms with Crippen molar-refractivity contribution in [2.24, 2.45) is 11.8 Å². The summed E-state index contributed by atoms with van der Waals surface area (Å²) in [6.07, 6.45) is -0.202. The van der Waals surface area contributed by atoms with Crippen LogP contribution in [-0.4, -0.2) is 128 Å². The SMILES string of the molecule is CCC(C)C1NC(=O)C(CC(C)C)NC(=O)C(CCNP)NC(=O)C(NC)CCNC(=O)C(C(C)O)NC(=O)C(CCNP)NC(=O)C(CCNP)NC1=O. The monoisotopic (exact) mass is 837 g/mol. The average Bonchev–Trinajstić information content (AvgIpc) is 3.14. The van der Waals surface area contributed by atoms with Crippen LogP contribution in [0.25, 0.3) is 0 Å². The minimum atomic E-state index is -1.41. The third-order valence-electron chi connectivity index (χ3n) is 9.22. The smallest absolute Gasteiger partial charge is 0.245 e. The third-order valence-corrected chi connectivity index (χ3v) is 10.1. The van der Waals surface area contributed by atoms with Crippen molar-refractivity contribution in [2.45, 2.75) is 122 Å². The molecule has 1 aliphatic rings. The Morgan fingerprint density at radius 3 is 1.47 bits per heavy atom. The van der Waals surface area contributed by atoms with Gasteiger partial charge in [-0.3, -0.25) is 33.6 Å². The molecule has 0 radical (unpaired) electrons. The van der Waals surface area contributed by atoms with Crippen molar-refractivity contribution in [3.63, 3.8) is 0 Å². The minimum absolute atomic E-state index is 0.0445. The van der Waals surface area contributed by atoms with Crippen LogP contribution in [0.15, 0.2) is 0 Å². The molecule has 22 heteroatoms. The number of rotatable bonds is 15. The highest BCUT2D eigenvalue weighted by Crippen LogP contribution is 2.13. The van der Waals surface area contributed by atoms with Gasteiger partial charge in [-0.05, 0) is 57.9 Å². The average molecular weight is 838 g/mol. The van der Waals surface area contributed by atoms with Crippen molar-refractivity contribution < 1.29 is 38.7 Å². The van der Waals surface area contributed by atoms with E-state index in [1.807, 2.05) is 20.8 Å². The number of nitrogens with one attached hydrogen (secondary N) is 11. The van der Waals surface area contributed by atoms with E-state index in [9.17, 15) is 38.7 Å². The van der Waals surface area contributed by atoms with Crippen LogP contribution in [-0.2, 0) is 33.6 Å². The lowest BCUT2D eigenvalue weighted by atomic mass is 9.96. The Hall–Kier alpha value is -2.62. The van der Waals surface area contributed by atoms with Crippen molar-refractivity contribution in [3.05, 3.63) is 0 Å². The predicted octanol–water partition coefficient (Wildman–Crippen LogP) is -3.21. The van der Waals surface area contributed by atoms with Gasteiger partial charge in [0.05, 0.1) is 12.1 Å². The molecular formula is C33H66N11O8P3. The molecule has 12 unspecified atom stereocenters. The molecule has 0 spiro atoms. The first-order valence-corrected chi connectivity index (χ1v) is 20.5. The zero-order chi connectivity index (χ0) is 41.7. The first kappa shape index (κ1) is 50.4. The molecular weight excluding hydrogens is 771 g/mol. The lowest BCUT2D eigenvalue weighted by Crippen LogP contribution is -2.61. The van der Waals surface area contributed by atoms with E-state index in [0.717, 1.165) is 0 Å². The summed E-state index contributed by atoms with van der Waals surface area (Å²) in [5.41, 5.74) is 0. The zero-order valence-corrected chi connectivity index (χ0v) is 36.3. The molecule has 19 nitrogen and oxygen atoms in total. The van der Waals surface area contributed by atoms with Crippen LogP contribution in [0.1, 0.15) is 73.1 Å². The number of hydrogen-bond acceptors (Lipinski definition) is 12. The Morgan fingerprint density at radius 1 is 0.618 bits per heavy atom. The lowest BCUT2D eigenvalue weighted by molar-refractivity contribution is -0.136. The Labute approximate surface area is 332 Å². The largest absolute Gasteiger partial charge is 0.391 e. The molecule has 0 bridgehead atoms. The van der Waals surface area contributed by atoms with E-state index in [4.69, 9.17) is 0 Å². The van der Waals surface area contributed by atoms with E-state index in [-0.39, 0.29) is 57.7 Å². The molecule has 1 saturated heterocycles. The van der Waals surface area contributed by atoms with Crippen LogP contribution in [0.5, 0.6) is 0 Å². The predicted molar refractivity (Wildman–Crippen MR) is 220 cm³/mol. The van der Waals surface area contributed by atoms with E-state index in [1.54, 1.807) is 14.0 Å². The molecule has 1 heterocycles. The Morgan fingerprint density at radius 2 is 1.04 bits per heavy atom. The van der Waals surface area contributed by atoms with E-state index in [0.29, 0.717) is 13.0 Å². The molecule has 55 heavy (non-hydrogen) atoms. The number of carbonyl (C=O) groups excluding carboxylic acids is 7. The van der Waals surface area contributed by atoms with Gasteiger partial charge in [0.1, 0.15) is 36.3 Å². The second-order valence-corrected chi connectivity index (χ2v) is 15.3. The number of carbonyl (C=O) groups is 7. The van der Waals surface area contributed by atoms with Crippen LogP contribution in [0.3, 0.4) is 0 Å². The van der Waals surface area contributed by atoms with Crippen molar-refractivity contribution in [3.8, 4) is 0 Å². The fraction of sp³-hybridized carbons (Fsp3) is 0.788. The van der Waals surface area contributed by atoms with Crippen LogP contribution < -0.4 is 57.8 Å². The van der Waals surface area contributed by atoms with Crippen LogP contribution >= 0.6 is 28.2 Å². The topological polar surface area (TPSA) is 272 Å².